The van der Waals surface area contributed by atoms with Crippen LogP contribution in [-0.2, 0) is 0 Å². The highest BCUT2D eigenvalue weighted by Gasteiger charge is 2.05. The summed E-state index contributed by atoms with van der Waals surface area (Å²) in [6, 6.07) is 4.54. The van der Waals surface area contributed by atoms with Crippen molar-refractivity contribution in [3.63, 3.8) is 0 Å². The van der Waals surface area contributed by atoms with Gasteiger partial charge in [-0.15, -0.1) is 0 Å². The smallest absolute Gasteiger partial charge is 0.162 e. The quantitative estimate of drug-likeness (QED) is 0.600. The maximum Gasteiger partial charge on any atom is 0.162 e. The number of rotatable bonds is 2. The number of carbonyl (C=O) groups is 1. The molecule has 12 heavy (non-hydrogen) atoms. The summed E-state index contributed by atoms with van der Waals surface area (Å²) in [4.78, 5) is 11.1. The van der Waals surface area contributed by atoms with E-state index in [9.17, 15) is 9.18 Å². The van der Waals surface area contributed by atoms with Gasteiger partial charge in [0.2, 0.25) is 0 Å². The molecule has 0 aliphatic rings. The lowest BCUT2D eigenvalue weighted by molar-refractivity contribution is 0.0987. The van der Waals surface area contributed by atoms with E-state index < -0.39 is 0 Å². The number of hydrogen-bond donors (Lipinski definition) is 0. The average molecular weight is 278 g/mol. The van der Waals surface area contributed by atoms with Crippen LogP contribution < -0.4 is 0 Å². The second-order valence-electron chi connectivity index (χ2n) is 2.41. The molecule has 1 aromatic rings. The number of hydrogen-bond acceptors (Lipinski definition) is 1. The monoisotopic (exact) mass is 278 g/mol. The minimum absolute atomic E-state index is 0.0229. The zero-order valence-corrected chi connectivity index (χ0v) is 8.76. The molecular formula is C9H8FIO. The van der Waals surface area contributed by atoms with Gasteiger partial charge in [-0.05, 0) is 34.7 Å². The molecular weight excluding hydrogens is 270 g/mol. The Hall–Kier alpha value is -0.450. The third-order valence-electron chi connectivity index (χ3n) is 1.56. The highest BCUT2D eigenvalue weighted by atomic mass is 127. The summed E-state index contributed by atoms with van der Waals surface area (Å²) in [6.45, 7) is 1.76. The first kappa shape index (κ1) is 9.64. The molecule has 0 saturated carbocycles. The first-order valence-electron chi connectivity index (χ1n) is 3.63. The zero-order valence-electron chi connectivity index (χ0n) is 6.60. The maximum atomic E-state index is 12.9. The van der Waals surface area contributed by atoms with Crippen LogP contribution in [0.15, 0.2) is 18.2 Å². The summed E-state index contributed by atoms with van der Waals surface area (Å²) in [5, 5.41) is 0. The average Bonchev–Trinajstić information content (AvgIpc) is 2.08. The lowest BCUT2D eigenvalue weighted by Crippen LogP contribution is -1.97. The Labute approximate surface area is 84.1 Å². The largest absolute Gasteiger partial charge is 0.294 e. The van der Waals surface area contributed by atoms with E-state index in [0.29, 0.717) is 15.6 Å². The summed E-state index contributed by atoms with van der Waals surface area (Å²) in [7, 11) is 0. The Morgan fingerprint density at radius 2 is 2.25 bits per heavy atom. The highest BCUT2D eigenvalue weighted by molar-refractivity contribution is 14.1. The normalized spacial score (nSPS) is 9.92. The molecule has 3 heteroatoms. The van der Waals surface area contributed by atoms with Crippen LogP contribution in [0.25, 0.3) is 0 Å². The molecule has 0 heterocycles. The Balaban J connectivity index is 3.05. The summed E-state index contributed by atoms with van der Waals surface area (Å²) in [6.07, 6.45) is 0.417. The third-order valence-corrected chi connectivity index (χ3v) is 2.44. The van der Waals surface area contributed by atoms with Gasteiger partial charge in [0.15, 0.2) is 5.78 Å². The Morgan fingerprint density at radius 3 is 2.75 bits per heavy atom. The van der Waals surface area contributed by atoms with Gasteiger partial charge in [-0.3, -0.25) is 4.79 Å². The minimum Gasteiger partial charge on any atom is -0.294 e. The van der Waals surface area contributed by atoms with Crippen LogP contribution in [0.5, 0.6) is 0 Å². The zero-order chi connectivity index (χ0) is 9.14. The molecule has 1 rings (SSSR count). The van der Waals surface area contributed by atoms with Crippen LogP contribution in [-0.4, -0.2) is 5.78 Å². The number of benzene rings is 1. The molecule has 0 radical (unpaired) electrons. The SMILES string of the molecule is CCC(=O)c1ccc(I)c(F)c1. The van der Waals surface area contributed by atoms with Crippen LogP contribution in [0.4, 0.5) is 4.39 Å². The fourth-order valence-electron chi connectivity index (χ4n) is 0.874. The summed E-state index contributed by atoms with van der Waals surface area (Å²) in [5.74, 6) is -0.347. The van der Waals surface area contributed by atoms with Gasteiger partial charge >= 0.3 is 0 Å². The fraction of sp³-hybridized carbons (Fsp3) is 0.222. The van der Waals surface area contributed by atoms with Crippen LogP contribution in [0, 0.1) is 9.39 Å². The van der Waals surface area contributed by atoms with Gasteiger partial charge in [0.05, 0.1) is 0 Å². The molecule has 0 spiro atoms. The predicted molar refractivity (Wildman–Crippen MR) is 53.7 cm³/mol. The van der Waals surface area contributed by atoms with Crippen molar-refractivity contribution in [3.8, 4) is 0 Å². The van der Waals surface area contributed by atoms with E-state index in [-0.39, 0.29) is 11.6 Å². The third kappa shape index (κ3) is 2.03. The van der Waals surface area contributed by atoms with E-state index in [1.54, 1.807) is 19.1 Å². The molecule has 0 unspecified atom stereocenters. The predicted octanol–water partition coefficient (Wildman–Crippen LogP) is 3.02. The number of Topliss-reactive ketones (excluding diaryl/α,β-unsaturated/α-hetero) is 1. The van der Waals surface area contributed by atoms with Crippen molar-refractivity contribution in [1.29, 1.82) is 0 Å². The molecule has 1 aromatic carbocycles. The lowest BCUT2D eigenvalue weighted by atomic mass is 10.1. The number of ketones is 1. The highest BCUT2D eigenvalue weighted by Crippen LogP contribution is 2.13. The van der Waals surface area contributed by atoms with Crippen molar-refractivity contribution in [2.24, 2.45) is 0 Å². The van der Waals surface area contributed by atoms with Crippen molar-refractivity contribution >= 4 is 28.4 Å². The van der Waals surface area contributed by atoms with E-state index in [4.69, 9.17) is 0 Å². The second kappa shape index (κ2) is 3.98. The molecule has 0 saturated heterocycles. The lowest BCUT2D eigenvalue weighted by Gasteiger charge is -1.98. The van der Waals surface area contributed by atoms with Gasteiger partial charge in [0.25, 0.3) is 0 Å². The molecule has 64 valence electrons. The molecule has 0 aliphatic carbocycles. The molecule has 0 N–H and O–H groups in total. The molecule has 0 amide bonds. The molecule has 1 nitrogen and oxygen atoms in total. The number of carbonyl (C=O) groups excluding carboxylic acids is 1. The van der Waals surface area contributed by atoms with E-state index in [0.717, 1.165) is 0 Å². The van der Waals surface area contributed by atoms with Crippen molar-refractivity contribution in [3.05, 3.63) is 33.1 Å². The first-order valence-corrected chi connectivity index (χ1v) is 4.71. The van der Waals surface area contributed by atoms with Gasteiger partial charge in [-0.2, -0.15) is 0 Å². The van der Waals surface area contributed by atoms with Gasteiger partial charge in [-0.1, -0.05) is 13.0 Å². The first-order chi connectivity index (χ1) is 5.65. The topological polar surface area (TPSA) is 17.1 Å². The van der Waals surface area contributed by atoms with E-state index in [1.165, 1.54) is 6.07 Å². The van der Waals surface area contributed by atoms with Crippen LogP contribution in [0.1, 0.15) is 23.7 Å². The molecule has 0 bridgehead atoms. The van der Waals surface area contributed by atoms with Gasteiger partial charge < -0.3 is 0 Å². The maximum absolute atomic E-state index is 12.9. The summed E-state index contributed by atoms with van der Waals surface area (Å²) >= 11 is 1.89. The van der Waals surface area contributed by atoms with E-state index >= 15 is 0 Å². The van der Waals surface area contributed by atoms with E-state index in [1.807, 2.05) is 22.6 Å². The molecule has 0 fully saturated rings. The van der Waals surface area contributed by atoms with Gasteiger partial charge in [-0.25, -0.2) is 4.39 Å². The van der Waals surface area contributed by atoms with Crippen molar-refractivity contribution in [1.82, 2.24) is 0 Å². The van der Waals surface area contributed by atoms with Gasteiger partial charge in [0, 0.05) is 15.6 Å². The summed E-state index contributed by atoms with van der Waals surface area (Å²) in [5.41, 5.74) is 0.454. The standard InChI is InChI=1S/C9H8FIO/c1-2-9(12)6-3-4-8(11)7(10)5-6/h3-5H,2H2,1H3. The molecule has 0 atom stereocenters. The number of halogens is 2. The van der Waals surface area contributed by atoms with Crippen LogP contribution >= 0.6 is 22.6 Å². The van der Waals surface area contributed by atoms with Crippen LogP contribution in [0.3, 0.4) is 0 Å². The summed E-state index contributed by atoms with van der Waals surface area (Å²) < 4.78 is 13.5. The van der Waals surface area contributed by atoms with Crippen molar-refractivity contribution in [2.45, 2.75) is 13.3 Å². The molecule has 0 aromatic heterocycles. The van der Waals surface area contributed by atoms with Crippen molar-refractivity contribution < 1.29 is 9.18 Å². The van der Waals surface area contributed by atoms with Crippen LogP contribution in [0.2, 0.25) is 0 Å². The van der Waals surface area contributed by atoms with E-state index in [2.05, 4.69) is 0 Å². The van der Waals surface area contributed by atoms with Crippen molar-refractivity contribution in [2.75, 3.05) is 0 Å². The Morgan fingerprint density at radius 1 is 1.58 bits per heavy atom. The van der Waals surface area contributed by atoms with Gasteiger partial charge in [0.1, 0.15) is 5.82 Å². The fourth-order valence-corrected chi connectivity index (χ4v) is 1.21. The Bertz CT molecular complexity index is 309. The second-order valence-corrected chi connectivity index (χ2v) is 3.57. The minimum atomic E-state index is -0.324. The molecule has 0 aliphatic heterocycles. The Kier molecular flexibility index (Phi) is 3.20.